The summed E-state index contributed by atoms with van der Waals surface area (Å²) in [6.07, 6.45) is 5.01. The lowest BCUT2D eigenvalue weighted by molar-refractivity contribution is 0.166. The number of guanidine groups is 1. The van der Waals surface area contributed by atoms with Gasteiger partial charge in [-0.25, -0.2) is 9.97 Å². The molecule has 1 aliphatic heterocycles. The normalized spacial score (nSPS) is 15.5. The summed E-state index contributed by atoms with van der Waals surface area (Å²) in [6.45, 7) is 11.5. The number of nitrogens with one attached hydrogen (secondary N) is 2. The molecule has 7 nitrogen and oxygen atoms in total. The van der Waals surface area contributed by atoms with E-state index in [-0.39, 0.29) is 24.0 Å². The molecule has 2 N–H and O–H groups in total. The number of piperidine rings is 1. The van der Waals surface area contributed by atoms with Crippen LogP contribution < -0.4 is 10.6 Å². The smallest absolute Gasteiger partial charge is 0.208 e. The van der Waals surface area contributed by atoms with Gasteiger partial charge in [0, 0.05) is 25.8 Å². The zero-order chi connectivity index (χ0) is 21.3. The Morgan fingerprint density at radius 1 is 1.26 bits per heavy atom. The van der Waals surface area contributed by atoms with Crippen molar-refractivity contribution in [3.63, 3.8) is 0 Å². The largest absolute Gasteiger partial charge is 0.444 e. The van der Waals surface area contributed by atoms with Crippen LogP contribution in [0.4, 0.5) is 0 Å². The molecule has 3 rings (SSSR count). The molecule has 0 aromatic carbocycles. The SMILES string of the molecule is CCNC(=NCC1CCN(Cc2nc(C)c(C)o2)CC1)NCCc1ccc(Cl)nc1.I. The first-order valence-electron chi connectivity index (χ1n) is 10.8. The summed E-state index contributed by atoms with van der Waals surface area (Å²) in [5, 5.41) is 7.28. The summed E-state index contributed by atoms with van der Waals surface area (Å²) in [5.41, 5.74) is 2.15. The van der Waals surface area contributed by atoms with E-state index in [0.29, 0.717) is 11.1 Å². The molecule has 2 aromatic rings. The number of rotatable bonds is 8. The lowest BCUT2D eigenvalue weighted by atomic mass is 9.97. The number of hydrogen-bond donors (Lipinski definition) is 2. The molecule has 0 aliphatic carbocycles. The van der Waals surface area contributed by atoms with Crippen LogP contribution in [0.5, 0.6) is 0 Å². The van der Waals surface area contributed by atoms with Crippen molar-refractivity contribution >= 4 is 41.5 Å². The minimum atomic E-state index is 0. The van der Waals surface area contributed by atoms with Gasteiger partial charge in [-0.05, 0) is 70.7 Å². The molecule has 2 aromatic heterocycles. The second-order valence-corrected chi connectivity index (χ2v) is 8.24. The Morgan fingerprint density at radius 3 is 2.65 bits per heavy atom. The Labute approximate surface area is 207 Å². The summed E-state index contributed by atoms with van der Waals surface area (Å²) >= 11 is 5.84. The Balaban J connectivity index is 0.00000341. The number of nitrogens with zero attached hydrogens (tertiary/aromatic N) is 4. The molecule has 1 fully saturated rings. The van der Waals surface area contributed by atoms with Gasteiger partial charge in [-0.2, -0.15) is 0 Å². The number of aliphatic imine (C=N–C) groups is 1. The van der Waals surface area contributed by atoms with E-state index >= 15 is 0 Å². The zero-order valence-electron chi connectivity index (χ0n) is 18.7. The number of pyridine rings is 1. The van der Waals surface area contributed by atoms with Crippen LogP contribution in [0, 0.1) is 19.8 Å². The van der Waals surface area contributed by atoms with Crippen LogP contribution in [0.15, 0.2) is 27.7 Å². The first kappa shape index (κ1) is 25.9. The third kappa shape index (κ3) is 8.57. The molecule has 3 heterocycles. The van der Waals surface area contributed by atoms with Gasteiger partial charge in [0.2, 0.25) is 5.89 Å². The van der Waals surface area contributed by atoms with Crippen molar-refractivity contribution in [1.82, 2.24) is 25.5 Å². The van der Waals surface area contributed by atoms with Gasteiger partial charge in [0.05, 0.1) is 12.2 Å². The third-order valence-corrected chi connectivity index (χ3v) is 5.71. The molecule has 9 heteroatoms. The Hall–Kier alpha value is -1.39. The molecule has 0 bridgehead atoms. The lowest BCUT2D eigenvalue weighted by Crippen LogP contribution is -2.39. The van der Waals surface area contributed by atoms with Crippen LogP contribution in [0.25, 0.3) is 0 Å². The van der Waals surface area contributed by atoms with Gasteiger partial charge in [-0.15, -0.1) is 24.0 Å². The Kier molecular flexibility index (Phi) is 11.0. The van der Waals surface area contributed by atoms with E-state index in [1.54, 1.807) is 0 Å². The predicted octanol–water partition coefficient (Wildman–Crippen LogP) is 3.97. The van der Waals surface area contributed by atoms with Crippen molar-refractivity contribution in [2.45, 2.75) is 46.6 Å². The quantitative estimate of drug-likeness (QED) is 0.220. The van der Waals surface area contributed by atoms with Crippen molar-refractivity contribution in [2.75, 3.05) is 32.7 Å². The highest BCUT2D eigenvalue weighted by Crippen LogP contribution is 2.20. The minimum absolute atomic E-state index is 0. The van der Waals surface area contributed by atoms with E-state index in [4.69, 9.17) is 21.0 Å². The van der Waals surface area contributed by atoms with Crippen molar-refractivity contribution in [3.05, 3.63) is 46.4 Å². The fourth-order valence-electron chi connectivity index (χ4n) is 3.57. The first-order valence-corrected chi connectivity index (χ1v) is 11.2. The third-order valence-electron chi connectivity index (χ3n) is 5.49. The average molecular weight is 561 g/mol. The molecular weight excluding hydrogens is 527 g/mol. The molecule has 1 aliphatic rings. The second-order valence-electron chi connectivity index (χ2n) is 7.85. The van der Waals surface area contributed by atoms with Gasteiger partial charge in [0.1, 0.15) is 10.9 Å². The topological polar surface area (TPSA) is 78.6 Å². The van der Waals surface area contributed by atoms with Gasteiger partial charge in [0.25, 0.3) is 0 Å². The van der Waals surface area contributed by atoms with Crippen molar-refractivity contribution < 1.29 is 4.42 Å². The fraction of sp³-hybridized carbons (Fsp3) is 0.591. The van der Waals surface area contributed by atoms with E-state index < -0.39 is 0 Å². The summed E-state index contributed by atoms with van der Waals surface area (Å²) in [5.74, 6) is 3.25. The number of aryl methyl sites for hydroxylation is 2. The standard InChI is InChI=1S/C22H33ClN6O.HI/c1-4-24-22(25-10-7-18-5-6-20(23)26-13-18)27-14-19-8-11-29(12-9-19)15-21-28-16(2)17(3)30-21;/h5-6,13,19H,4,7-12,14-15H2,1-3H3,(H2,24,25,27);1H. The molecule has 0 spiro atoms. The molecular formula is C22H34ClIN6O. The van der Waals surface area contributed by atoms with Gasteiger partial charge in [0.15, 0.2) is 5.96 Å². The van der Waals surface area contributed by atoms with Crippen LogP contribution in [0.1, 0.15) is 42.7 Å². The van der Waals surface area contributed by atoms with Crippen LogP contribution in [0.2, 0.25) is 5.15 Å². The highest BCUT2D eigenvalue weighted by molar-refractivity contribution is 14.0. The first-order chi connectivity index (χ1) is 14.5. The molecule has 0 atom stereocenters. The zero-order valence-corrected chi connectivity index (χ0v) is 21.7. The monoisotopic (exact) mass is 560 g/mol. The predicted molar refractivity (Wildman–Crippen MR) is 136 cm³/mol. The maximum Gasteiger partial charge on any atom is 0.208 e. The summed E-state index contributed by atoms with van der Waals surface area (Å²) in [7, 11) is 0. The molecule has 172 valence electrons. The summed E-state index contributed by atoms with van der Waals surface area (Å²) in [6, 6.07) is 3.84. The van der Waals surface area contributed by atoms with E-state index in [1.807, 2.05) is 32.2 Å². The van der Waals surface area contributed by atoms with E-state index in [0.717, 1.165) is 87.4 Å². The highest BCUT2D eigenvalue weighted by Gasteiger charge is 2.20. The number of aromatic nitrogens is 2. The van der Waals surface area contributed by atoms with Gasteiger partial charge >= 0.3 is 0 Å². The van der Waals surface area contributed by atoms with Crippen molar-refractivity contribution in [3.8, 4) is 0 Å². The van der Waals surface area contributed by atoms with Gasteiger partial charge in [-0.3, -0.25) is 9.89 Å². The number of likely N-dealkylation sites (tertiary alicyclic amines) is 1. The number of oxazole rings is 1. The molecule has 1 saturated heterocycles. The number of halogens is 2. The lowest BCUT2D eigenvalue weighted by Gasteiger charge is -2.30. The maximum atomic E-state index is 5.84. The van der Waals surface area contributed by atoms with E-state index in [1.165, 1.54) is 0 Å². The fourth-order valence-corrected chi connectivity index (χ4v) is 3.68. The molecule has 0 saturated carbocycles. The average Bonchev–Trinajstić information content (AvgIpc) is 3.05. The van der Waals surface area contributed by atoms with Gasteiger partial charge in [-0.1, -0.05) is 17.7 Å². The van der Waals surface area contributed by atoms with E-state index in [2.05, 4.69) is 32.4 Å². The highest BCUT2D eigenvalue weighted by atomic mass is 127. The van der Waals surface area contributed by atoms with Gasteiger partial charge < -0.3 is 15.1 Å². The van der Waals surface area contributed by atoms with E-state index in [9.17, 15) is 0 Å². The summed E-state index contributed by atoms with van der Waals surface area (Å²) in [4.78, 5) is 15.9. The number of hydrogen-bond acceptors (Lipinski definition) is 5. The van der Waals surface area contributed by atoms with Crippen LogP contribution in [-0.4, -0.2) is 53.6 Å². The molecule has 0 unspecified atom stereocenters. The second kappa shape index (κ2) is 13.2. The Morgan fingerprint density at radius 2 is 2.03 bits per heavy atom. The van der Waals surface area contributed by atoms with Crippen molar-refractivity contribution in [2.24, 2.45) is 10.9 Å². The van der Waals surface area contributed by atoms with Crippen molar-refractivity contribution in [1.29, 1.82) is 0 Å². The maximum absolute atomic E-state index is 5.84. The van der Waals surface area contributed by atoms with Crippen LogP contribution >= 0.6 is 35.6 Å². The summed E-state index contributed by atoms with van der Waals surface area (Å²) < 4.78 is 5.72. The Bertz CT molecular complexity index is 798. The minimum Gasteiger partial charge on any atom is -0.444 e. The molecule has 0 amide bonds. The molecule has 31 heavy (non-hydrogen) atoms. The van der Waals surface area contributed by atoms with Crippen LogP contribution in [0.3, 0.4) is 0 Å². The molecule has 0 radical (unpaired) electrons. The van der Waals surface area contributed by atoms with Crippen LogP contribution in [-0.2, 0) is 13.0 Å².